The predicted octanol–water partition coefficient (Wildman–Crippen LogP) is 2.31. The molecule has 0 radical (unpaired) electrons. The molecule has 1 N–H and O–H groups in total. The zero-order chi connectivity index (χ0) is 13.8. The minimum absolute atomic E-state index is 0.154. The highest BCUT2D eigenvalue weighted by atomic mass is 35.5. The van der Waals surface area contributed by atoms with E-state index in [1.807, 2.05) is 0 Å². The molecule has 0 aliphatic carbocycles. The fourth-order valence-electron chi connectivity index (χ4n) is 1.48. The monoisotopic (exact) mass is 311 g/mol. The van der Waals surface area contributed by atoms with Crippen molar-refractivity contribution >= 4 is 33.2 Å². The van der Waals surface area contributed by atoms with Gasteiger partial charge in [-0.2, -0.15) is 0 Å². The van der Waals surface area contributed by atoms with E-state index in [-0.39, 0.29) is 17.3 Å². The maximum atomic E-state index is 12.1. The molecule has 0 aliphatic heterocycles. The van der Waals surface area contributed by atoms with Crippen molar-refractivity contribution in [1.82, 2.24) is 4.72 Å². The quantitative estimate of drug-likeness (QED) is 0.648. The Hall–Kier alpha value is -0.330. The van der Waals surface area contributed by atoms with E-state index < -0.39 is 10.0 Å². The summed E-state index contributed by atoms with van der Waals surface area (Å²) in [6.07, 6.45) is 0. The third kappa shape index (κ3) is 3.83. The van der Waals surface area contributed by atoms with Crippen LogP contribution in [0.3, 0.4) is 0 Å². The van der Waals surface area contributed by atoms with E-state index >= 15 is 0 Å². The SMILES string of the molecule is COCCNS(=O)(=O)c1cc(Cl)cc(CCl)c1C. The molecule has 0 amide bonds. The average molecular weight is 312 g/mol. The van der Waals surface area contributed by atoms with Gasteiger partial charge in [0.1, 0.15) is 0 Å². The Kier molecular flexibility index (Phi) is 5.88. The number of halogens is 2. The van der Waals surface area contributed by atoms with Gasteiger partial charge in [-0.3, -0.25) is 0 Å². The van der Waals surface area contributed by atoms with Crippen LogP contribution in [0, 0.1) is 6.92 Å². The van der Waals surface area contributed by atoms with Crippen LogP contribution in [-0.4, -0.2) is 28.7 Å². The second-order valence-corrected chi connectivity index (χ2v) is 6.15. The molecule has 102 valence electrons. The van der Waals surface area contributed by atoms with Crippen LogP contribution in [0.15, 0.2) is 17.0 Å². The Morgan fingerprint density at radius 3 is 2.61 bits per heavy atom. The van der Waals surface area contributed by atoms with Crippen LogP contribution < -0.4 is 4.72 Å². The van der Waals surface area contributed by atoms with E-state index in [1.54, 1.807) is 13.0 Å². The lowest BCUT2D eigenvalue weighted by Crippen LogP contribution is -2.28. The lowest BCUT2D eigenvalue weighted by Gasteiger charge is -2.12. The Labute approximate surface area is 117 Å². The Balaban J connectivity index is 3.12. The molecular weight excluding hydrogens is 297 g/mol. The first-order valence-corrected chi connectivity index (χ1v) is 7.65. The van der Waals surface area contributed by atoms with Gasteiger partial charge in [0.05, 0.1) is 11.5 Å². The molecule has 0 fully saturated rings. The third-order valence-electron chi connectivity index (χ3n) is 2.46. The van der Waals surface area contributed by atoms with Gasteiger partial charge in [0.2, 0.25) is 10.0 Å². The first kappa shape index (κ1) is 15.7. The molecule has 0 spiro atoms. The molecule has 0 aromatic heterocycles. The molecule has 0 heterocycles. The third-order valence-corrected chi connectivity index (χ3v) is 4.56. The normalized spacial score (nSPS) is 11.8. The molecule has 0 saturated heterocycles. The van der Waals surface area contributed by atoms with Crippen LogP contribution in [0.4, 0.5) is 0 Å². The van der Waals surface area contributed by atoms with E-state index in [2.05, 4.69) is 4.72 Å². The fourth-order valence-corrected chi connectivity index (χ4v) is 3.39. The van der Waals surface area contributed by atoms with Crippen LogP contribution >= 0.6 is 23.2 Å². The summed E-state index contributed by atoms with van der Waals surface area (Å²) >= 11 is 11.7. The average Bonchev–Trinajstić information content (AvgIpc) is 2.31. The number of rotatable bonds is 6. The zero-order valence-corrected chi connectivity index (χ0v) is 12.5. The van der Waals surface area contributed by atoms with Crippen LogP contribution in [0.5, 0.6) is 0 Å². The van der Waals surface area contributed by atoms with Gasteiger partial charge in [0.25, 0.3) is 0 Å². The summed E-state index contributed by atoms with van der Waals surface area (Å²) in [4.78, 5) is 0.154. The number of hydrogen-bond acceptors (Lipinski definition) is 3. The van der Waals surface area contributed by atoms with Crippen molar-refractivity contribution in [3.63, 3.8) is 0 Å². The van der Waals surface area contributed by atoms with Gasteiger partial charge in [-0.15, -0.1) is 11.6 Å². The summed E-state index contributed by atoms with van der Waals surface area (Å²) in [6.45, 7) is 2.22. The highest BCUT2D eigenvalue weighted by Gasteiger charge is 2.19. The molecule has 0 atom stereocenters. The number of methoxy groups -OCH3 is 1. The predicted molar refractivity (Wildman–Crippen MR) is 72.8 cm³/mol. The smallest absolute Gasteiger partial charge is 0.240 e. The van der Waals surface area contributed by atoms with Crippen molar-refractivity contribution in [1.29, 1.82) is 0 Å². The molecular formula is C11H15Cl2NO3S. The van der Waals surface area contributed by atoms with E-state index in [9.17, 15) is 8.42 Å². The minimum Gasteiger partial charge on any atom is -0.383 e. The second-order valence-electron chi connectivity index (χ2n) is 3.71. The highest BCUT2D eigenvalue weighted by molar-refractivity contribution is 7.89. The van der Waals surface area contributed by atoms with E-state index in [0.29, 0.717) is 22.8 Å². The van der Waals surface area contributed by atoms with Crippen molar-refractivity contribution in [2.45, 2.75) is 17.7 Å². The van der Waals surface area contributed by atoms with Crippen molar-refractivity contribution < 1.29 is 13.2 Å². The van der Waals surface area contributed by atoms with Gasteiger partial charge in [0.15, 0.2) is 0 Å². The number of nitrogens with one attached hydrogen (secondary N) is 1. The summed E-state index contributed by atoms with van der Waals surface area (Å²) in [6, 6.07) is 3.08. The van der Waals surface area contributed by atoms with Crippen molar-refractivity contribution in [2.24, 2.45) is 0 Å². The van der Waals surface area contributed by atoms with E-state index in [1.165, 1.54) is 13.2 Å². The first-order chi connectivity index (χ1) is 8.42. The zero-order valence-electron chi connectivity index (χ0n) is 10.2. The van der Waals surface area contributed by atoms with E-state index in [4.69, 9.17) is 27.9 Å². The molecule has 4 nitrogen and oxygen atoms in total. The van der Waals surface area contributed by atoms with Gasteiger partial charge < -0.3 is 4.74 Å². The van der Waals surface area contributed by atoms with E-state index in [0.717, 1.165) is 0 Å². The minimum atomic E-state index is -3.59. The summed E-state index contributed by atoms with van der Waals surface area (Å²) in [5.41, 5.74) is 1.32. The second kappa shape index (κ2) is 6.73. The summed E-state index contributed by atoms with van der Waals surface area (Å²) in [7, 11) is -2.09. The summed E-state index contributed by atoms with van der Waals surface area (Å²) in [5, 5.41) is 0.350. The molecule has 1 aromatic carbocycles. The first-order valence-electron chi connectivity index (χ1n) is 5.26. The van der Waals surface area contributed by atoms with Crippen LogP contribution in [-0.2, 0) is 20.6 Å². The van der Waals surface area contributed by atoms with Crippen molar-refractivity contribution in [2.75, 3.05) is 20.3 Å². The van der Waals surface area contributed by atoms with Gasteiger partial charge in [-0.1, -0.05) is 11.6 Å². The Morgan fingerprint density at radius 1 is 1.39 bits per heavy atom. The number of benzene rings is 1. The lowest BCUT2D eigenvalue weighted by molar-refractivity contribution is 0.204. The maximum Gasteiger partial charge on any atom is 0.240 e. The van der Waals surface area contributed by atoms with Gasteiger partial charge in [0, 0.05) is 24.6 Å². The molecule has 0 bridgehead atoms. The Bertz CT molecular complexity index is 517. The maximum absolute atomic E-state index is 12.1. The largest absolute Gasteiger partial charge is 0.383 e. The Morgan fingerprint density at radius 2 is 2.06 bits per heavy atom. The molecule has 0 saturated carbocycles. The molecule has 18 heavy (non-hydrogen) atoms. The van der Waals surface area contributed by atoms with Crippen LogP contribution in [0.25, 0.3) is 0 Å². The fraction of sp³-hybridized carbons (Fsp3) is 0.455. The van der Waals surface area contributed by atoms with Crippen molar-refractivity contribution in [3.8, 4) is 0 Å². The van der Waals surface area contributed by atoms with Gasteiger partial charge in [-0.25, -0.2) is 13.1 Å². The topological polar surface area (TPSA) is 55.4 Å². The number of hydrogen-bond donors (Lipinski definition) is 1. The number of alkyl halides is 1. The standard InChI is InChI=1S/C11H15Cl2NO3S/c1-8-9(7-12)5-10(13)6-11(8)18(15,16)14-3-4-17-2/h5-6,14H,3-4,7H2,1-2H3. The molecule has 1 rings (SSSR count). The number of ether oxygens (including phenoxy) is 1. The molecule has 1 aromatic rings. The molecule has 0 unspecified atom stereocenters. The summed E-state index contributed by atoms with van der Waals surface area (Å²) in [5.74, 6) is 0.215. The lowest BCUT2D eigenvalue weighted by atomic mass is 10.1. The van der Waals surface area contributed by atoms with Crippen LogP contribution in [0.2, 0.25) is 5.02 Å². The number of sulfonamides is 1. The van der Waals surface area contributed by atoms with Crippen LogP contribution in [0.1, 0.15) is 11.1 Å². The molecule has 7 heteroatoms. The van der Waals surface area contributed by atoms with Crippen molar-refractivity contribution in [3.05, 3.63) is 28.3 Å². The highest BCUT2D eigenvalue weighted by Crippen LogP contribution is 2.25. The van der Waals surface area contributed by atoms with Gasteiger partial charge >= 0.3 is 0 Å². The summed E-state index contributed by atoms with van der Waals surface area (Å²) < 4.78 is 31.4. The molecule has 0 aliphatic rings. The van der Waals surface area contributed by atoms with Gasteiger partial charge in [-0.05, 0) is 30.2 Å².